The molecule has 0 amide bonds. The van der Waals surface area contributed by atoms with E-state index in [4.69, 9.17) is 10.00 Å². The van der Waals surface area contributed by atoms with Gasteiger partial charge < -0.3 is 9.30 Å². The summed E-state index contributed by atoms with van der Waals surface area (Å²) in [6.45, 7) is 6.94. The molecule has 0 N–H and O–H groups in total. The Kier molecular flexibility index (Phi) is 5.33. The molecule has 0 saturated heterocycles. The highest BCUT2D eigenvalue weighted by molar-refractivity contribution is 5.58. The van der Waals surface area contributed by atoms with E-state index >= 15 is 0 Å². The minimum Gasteiger partial charge on any atom is -0.474 e. The van der Waals surface area contributed by atoms with Gasteiger partial charge in [-0.3, -0.25) is 0 Å². The number of aromatic nitrogens is 3. The van der Waals surface area contributed by atoms with Crippen LogP contribution < -0.4 is 4.74 Å². The van der Waals surface area contributed by atoms with Gasteiger partial charge in [0.15, 0.2) is 34.6 Å². The molecule has 3 rings (SSSR count). The molecule has 0 fully saturated rings. The Bertz CT molecular complexity index is 1090. The minimum atomic E-state index is -1.26. The second-order valence-electron chi connectivity index (χ2n) is 7.07. The maximum Gasteiger partial charge on any atom is 0.192 e. The highest BCUT2D eigenvalue weighted by Gasteiger charge is 2.33. The van der Waals surface area contributed by atoms with Gasteiger partial charge in [0.2, 0.25) is 0 Å². The summed E-state index contributed by atoms with van der Waals surface area (Å²) in [6, 6.07) is 8.26. The van der Waals surface area contributed by atoms with Gasteiger partial charge in [0.25, 0.3) is 0 Å². The highest BCUT2D eigenvalue weighted by Crippen LogP contribution is 2.33. The fourth-order valence-electron chi connectivity index (χ4n) is 3.10. The molecule has 2 aromatic carbocycles. The normalized spacial score (nSPS) is 11.4. The van der Waals surface area contributed by atoms with E-state index in [1.54, 1.807) is 32.3 Å². The largest absolute Gasteiger partial charge is 0.474 e. The molecule has 8 heteroatoms. The molecule has 0 atom stereocenters. The lowest BCUT2D eigenvalue weighted by atomic mass is 10.1. The summed E-state index contributed by atoms with van der Waals surface area (Å²) in [5.74, 6) is -2.28. The first-order valence-electron chi connectivity index (χ1n) is 8.96. The van der Waals surface area contributed by atoms with Gasteiger partial charge in [0, 0.05) is 6.54 Å². The zero-order chi connectivity index (χ0) is 21.3. The number of halogens is 3. The number of nitriles is 1. The van der Waals surface area contributed by atoms with Crippen molar-refractivity contribution in [2.24, 2.45) is 0 Å². The van der Waals surface area contributed by atoms with Crippen molar-refractivity contribution in [1.82, 2.24) is 14.8 Å². The molecule has 1 aromatic heterocycles. The Labute approximate surface area is 166 Å². The van der Waals surface area contributed by atoms with Crippen LogP contribution in [0.5, 0.6) is 5.75 Å². The lowest BCUT2D eigenvalue weighted by molar-refractivity contribution is 0.0827. The van der Waals surface area contributed by atoms with Crippen LogP contribution in [0.1, 0.15) is 37.7 Å². The van der Waals surface area contributed by atoms with Crippen LogP contribution in [0.15, 0.2) is 30.3 Å². The van der Waals surface area contributed by atoms with Crippen LogP contribution in [0.2, 0.25) is 0 Å². The van der Waals surface area contributed by atoms with Crippen molar-refractivity contribution in [2.75, 3.05) is 0 Å². The molecule has 0 bridgehead atoms. The minimum absolute atomic E-state index is 0.160. The van der Waals surface area contributed by atoms with E-state index in [0.717, 1.165) is 6.07 Å². The first-order chi connectivity index (χ1) is 13.7. The fourth-order valence-corrected chi connectivity index (χ4v) is 3.10. The van der Waals surface area contributed by atoms with Gasteiger partial charge in [0.1, 0.15) is 5.82 Å². The van der Waals surface area contributed by atoms with E-state index in [0.29, 0.717) is 12.1 Å². The summed E-state index contributed by atoms with van der Waals surface area (Å²) in [4.78, 5) is 0. The molecule has 29 heavy (non-hydrogen) atoms. The Balaban J connectivity index is 2.05. The Morgan fingerprint density at radius 3 is 2.28 bits per heavy atom. The zero-order valence-corrected chi connectivity index (χ0v) is 16.4. The molecule has 0 unspecified atom stereocenters. The smallest absolute Gasteiger partial charge is 0.192 e. The van der Waals surface area contributed by atoms with Crippen molar-refractivity contribution in [1.29, 1.82) is 5.26 Å². The zero-order valence-electron chi connectivity index (χ0n) is 16.4. The summed E-state index contributed by atoms with van der Waals surface area (Å²) >= 11 is 0. The molecule has 0 saturated carbocycles. The van der Waals surface area contributed by atoms with Crippen molar-refractivity contribution in [3.8, 4) is 23.2 Å². The summed E-state index contributed by atoms with van der Waals surface area (Å²) in [7, 11) is 0. The maximum absolute atomic E-state index is 14.5. The summed E-state index contributed by atoms with van der Waals surface area (Å²) in [5.41, 5.74) is -0.488. The van der Waals surface area contributed by atoms with Crippen LogP contribution in [0, 0.1) is 35.7 Å². The van der Waals surface area contributed by atoms with Crippen LogP contribution in [0.25, 0.3) is 11.4 Å². The molecule has 3 aromatic rings. The fraction of sp³-hybridized carbons (Fsp3) is 0.286. The van der Waals surface area contributed by atoms with Crippen LogP contribution in [0.3, 0.4) is 0 Å². The van der Waals surface area contributed by atoms with E-state index in [1.807, 2.05) is 6.07 Å². The quantitative estimate of drug-likeness (QED) is 0.613. The SMILES string of the molecule is CCn1c(-c2ccc(C#N)cc2F)nnc1C(C)(C)Oc1c(F)cc(C)cc1F. The average molecular weight is 400 g/mol. The van der Waals surface area contributed by atoms with Crippen LogP contribution in [-0.4, -0.2) is 14.8 Å². The number of aryl methyl sites for hydroxylation is 1. The number of hydrogen-bond acceptors (Lipinski definition) is 4. The number of rotatable bonds is 5. The van der Waals surface area contributed by atoms with Crippen LogP contribution in [-0.2, 0) is 12.1 Å². The predicted octanol–water partition coefficient (Wildman–Crippen LogP) is 4.88. The van der Waals surface area contributed by atoms with Crippen molar-refractivity contribution < 1.29 is 17.9 Å². The van der Waals surface area contributed by atoms with Crippen LogP contribution in [0.4, 0.5) is 13.2 Å². The van der Waals surface area contributed by atoms with Gasteiger partial charge in [-0.15, -0.1) is 10.2 Å². The lowest BCUT2D eigenvalue weighted by Gasteiger charge is -2.26. The summed E-state index contributed by atoms with van der Waals surface area (Å²) in [6.07, 6.45) is 0. The number of ether oxygens (including phenoxy) is 1. The molecule has 150 valence electrons. The third-order valence-electron chi connectivity index (χ3n) is 4.44. The molecule has 5 nitrogen and oxygen atoms in total. The van der Waals surface area contributed by atoms with Crippen molar-refractivity contribution in [3.63, 3.8) is 0 Å². The maximum atomic E-state index is 14.5. The van der Waals surface area contributed by atoms with E-state index < -0.39 is 28.8 Å². The summed E-state index contributed by atoms with van der Waals surface area (Å²) in [5, 5.41) is 17.1. The number of nitrogens with zero attached hydrogens (tertiary/aromatic N) is 4. The van der Waals surface area contributed by atoms with Crippen molar-refractivity contribution in [2.45, 2.75) is 39.8 Å². The third-order valence-corrected chi connectivity index (χ3v) is 4.44. The standard InChI is InChI=1S/C21H19F3N4O/c1-5-28-19(14-7-6-13(11-25)10-15(14)22)26-27-20(28)21(3,4)29-18-16(23)8-12(2)9-17(18)24/h6-10H,5H2,1-4H3. The number of benzene rings is 2. The Morgan fingerprint density at radius 1 is 1.07 bits per heavy atom. The van der Waals surface area contributed by atoms with Crippen molar-refractivity contribution >= 4 is 0 Å². The Morgan fingerprint density at radius 2 is 1.72 bits per heavy atom. The van der Waals surface area contributed by atoms with E-state index in [-0.39, 0.29) is 22.8 Å². The molecule has 0 aliphatic heterocycles. The van der Waals surface area contributed by atoms with Gasteiger partial charge in [0.05, 0.1) is 17.2 Å². The van der Waals surface area contributed by atoms with Crippen molar-refractivity contribution in [3.05, 3.63) is 64.7 Å². The molecule has 0 aliphatic carbocycles. The van der Waals surface area contributed by atoms with Gasteiger partial charge in [-0.2, -0.15) is 5.26 Å². The first-order valence-corrected chi connectivity index (χ1v) is 8.96. The molecule has 0 aliphatic rings. The van der Waals surface area contributed by atoms with Gasteiger partial charge in [-0.25, -0.2) is 13.2 Å². The first kappa shape index (κ1) is 20.4. The van der Waals surface area contributed by atoms with Gasteiger partial charge in [-0.05, 0) is 63.6 Å². The second kappa shape index (κ2) is 7.59. The van der Waals surface area contributed by atoms with Gasteiger partial charge >= 0.3 is 0 Å². The lowest BCUT2D eigenvalue weighted by Crippen LogP contribution is -2.30. The molecular formula is C21H19F3N4O. The predicted molar refractivity (Wildman–Crippen MR) is 101 cm³/mol. The van der Waals surface area contributed by atoms with E-state index in [2.05, 4.69) is 10.2 Å². The monoisotopic (exact) mass is 400 g/mol. The summed E-state index contributed by atoms with van der Waals surface area (Å²) < 4.78 is 50.2. The number of hydrogen-bond donors (Lipinski definition) is 0. The average Bonchev–Trinajstić information content (AvgIpc) is 3.09. The molecule has 1 heterocycles. The molecule has 0 spiro atoms. The molecule has 0 radical (unpaired) electrons. The van der Waals surface area contributed by atoms with Crippen LogP contribution >= 0.6 is 0 Å². The highest BCUT2D eigenvalue weighted by atomic mass is 19.1. The Hall–Kier alpha value is -3.34. The third kappa shape index (κ3) is 3.81. The second-order valence-corrected chi connectivity index (χ2v) is 7.07. The van der Waals surface area contributed by atoms with Gasteiger partial charge in [-0.1, -0.05) is 0 Å². The topological polar surface area (TPSA) is 63.7 Å². The van der Waals surface area contributed by atoms with E-state index in [9.17, 15) is 13.2 Å². The van der Waals surface area contributed by atoms with E-state index in [1.165, 1.54) is 24.3 Å². The molecular weight excluding hydrogens is 381 g/mol.